The maximum Gasteiger partial charge on any atom is 0.188 e. The summed E-state index contributed by atoms with van der Waals surface area (Å²) in [5.74, 6) is 0.0393. The van der Waals surface area contributed by atoms with Gasteiger partial charge in [-0.2, -0.15) is 11.8 Å². The minimum absolute atomic E-state index is 0.0393. The van der Waals surface area contributed by atoms with E-state index in [1.165, 1.54) is 0 Å². The summed E-state index contributed by atoms with van der Waals surface area (Å²) in [4.78, 5) is 6.54. The number of oxime groups is 1. The van der Waals surface area contributed by atoms with E-state index in [1.54, 1.807) is 12.3 Å². The second-order valence-electron chi connectivity index (χ2n) is 4.55. The van der Waals surface area contributed by atoms with Gasteiger partial charge < -0.3 is 15.8 Å². The Balaban J connectivity index is 2.14. The first-order valence-corrected chi connectivity index (χ1v) is 6.88. The number of thioether (sulfide) groups is 1. The molecular weight excluding hydrogens is 248 g/mol. The fraction of sp³-hybridized carbons (Fsp3) is 0.500. The van der Waals surface area contributed by atoms with E-state index >= 15 is 0 Å². The van der Waals surface area contributed by atoms with E-state index in [9.17, 15) is 0 Å². The van der Waals surface area contributed by atoms with Crippen LogP contribution in [0.2, 0.25) is 0 Å². The Kier molecular flexibility index (Phi) is 3.96. The third kappa shape index (κ3) is 2.87. The lowest BCUT2D eigenvalue weighted by Crippen LogP contribution is -2.40. The van der Waals surface area contributed by atoms with Crippen molar-refractivity contribution in [2.24, 2.45) is 10.9 Å². The Labute approximate surface area is 111 Å². The molecule has 6 heteroatoms. The Morgan fingerprint density at radius 2 is 2.11 bits per heavy atom. The number of hydrogen-bond donors (Lipinski definition) is 2. The van der Waals surface area contributed by atoms with Crippen molar-refractivity contribution in [1.29, 1.82) is 0 Å². The van der Waals surface area contributed by atoms with Gasteiger partial charge in [-0.25, -0.2) is 0 Å². The topological polar surface area (TPSA) is 74.7 Å². The Morgan fingerprint density at radius 1 is 1.44 bits per heavy atom. The molecule has 1 fully saturated rings. The Bertz CT molecular complexity index is 424. The largest absolute Gasteiger partial charge is 0.409 e. The number of pyridine rings is 1. The van der Waals surface area contributed by atoms with E-state index in [0.29, 0.717) is 16.2 Å². The molecule has 0 saturated carbocycles. The van der Waals surface area contributed by atoms with Crippen molar-refractivity contribution in [1.82, 2.24) is 4.98 Å². The Hall–Kier alpha value is -1.43. The quantitative estimate of drug-likeness (QED) is 0.367. The standard InChI is InChI=1S/C12H18N4OS/c1-8-6-16(7-9(2)18-8)10-3-4-11(14-5-10)12(13)15-17/h3-5,8-9,17H,6-7H2,1-2H3,(H2,13,15). The highest BCUT2D eigenvalue weighted by atomic mass is 32.2. The van der Waals surface area contributed by atoms with E-state index in [0.717, 1.165) is 18.8 Å². The molecule has 2 heterocycles. The fourth-order valence-electron chi connectivity index (χ4n) is 2.16. The van der Waals surface area contributed by atoms with Crippen LogP contribution in [0.15, 0.2) is 23.5 Å². The van der Waals surface area contributed by atoms with Crippen LogP contribution in [-0.4, -0.2) is 39.6 Å². The van der Waals surface area contributed by atoms with Crippen LogP contribution in [0.5, 0.6) is 0 Å². The summed E-state index contributed by atoms with van der Waals surface area (Å²) in [6.07, 6.45) is 1.78. The Morgan fingerprint density at radius 3 is 2.61 bits per heavy atom. The average molecular weight is 266 g/mol. The molecule has 0 radical (unpaired) electrons. The van der Waals surface area contributed by atoms with Crippen LogP contribution in [-0.2, 0) is 0 Å². The van der Waals surface area contributed by atoms with Gasteiger partial charge in [-0.05, 0) is 12.1 Å². The highest BCUT2D eigenvalue weighted by molar-refractivity contribution is 8.00. The first-order valence-electron chi connectivity index (χ1n) is 5.94. The highest BCUT2D eigenvalue weighted by Gasteiger charge is 2.22. The smallest absolute Gasteiger partial charge is 0.188 e. The summed E-state index contributed by atoms with van der Waals surface area (Å²) in [6.45, 7) is 6.54. The van der Waals surface area contributed by atoms with E-state index in [4.69, 9.17) is 10.9 Å². The van der Waals surface area contributed by atoms with Gasteiger partial charge in [-0.15, -0.1) is 0 Å². The highest BCUT2D eigenvalue weighted by Crippen LogP contribution is 2.28. The van der Waals surface area contributed by atoms with Gasteiger partial charge >= 0.3 is 0 Å². The molecule has 3 N–H and O–H groups in total. The lowest BCUT2D eigenvalue weighted by molar-refractivity contribution is 0.318. The zero-order valence-electron chi connectivity index (χ0n) is 10.6. The maximum atomic E-state index is 8.59. The third-order valence-corrected chi connectivity index (χ3v) is 4.13. The van der Waals surface area contributed by atoms with Crippen molar-refractivity contribution in [3.8, 4) is 0 Å². The molecule has 0 aliphatic carbocycles. The first-order chi connectivity index (χ1) is 8.60. The fourth-order valence-corrected chi connectivity index (χ4v) is 3.49. The normalized spacial score (nSPS) is 25.2. The molecule has 2 atom stereocenters. The van der Waals surface area contributed by atoms with Crippen molar-refractivity contribution in [2.75, 3.05) is 18.0 Å². The second-order valence-corrected chi connectivity index (χ2v) is 6.43. The third-order valence-electron chi connectivity index (χ3n) is 2.90. The molecule has 5 nitrogen and oxygen atoms in total. The number of nitrogens with two attached hydrogens (primary N) is 1. The molecule has 0 spiro atoms. The SMILES string of the molecule is CC1CN(c2ccc(/C(N)=N/O)nc2)CC(C)S1. The molecule has 1 aromatic heterocycles. The van der Waals surface area contributed by atoms with Gasteiger partial charge in [-0.3, -0.25) is 4.98 Å². The summed E-state index contributed by atoms with van der Waals surface area (Å²) >= 11 is 2.02. The number of rotatable bonds is 2. The maximum absolute atomic E-state index is 8.59. The monoisotopic (exact) mass is 266 g/mol. The van der Waals surface area contributed by atoms with Gasteiger partial charge in [0.25, 0.3) is 0 Å². The van der Waals surface area contributed by atoms with Crippen LogP contribution in [0.1, 0.15) is 19.5 Å². The van der Waals surface area contributed by atoms with Gasteiger partial charge in [-0.1, -0.05) is 19.0 Å². The summed E-state index contributed by atoms with van der Waals surface area (Å²) in [6, 6.07) is 3.75. The van der Waals surface area contributed by atoms with Crippen molar-refractivity contribution in [3.05, 3.63) is 24.0 Å². The van der Waals surface area contributed by atoms with Crippen LogP contribution < -0.4 is 10.6 Å². The molecule has 2 unspecified atom stereocenters. The van der Waals surface area contributed by atoms with Crippen LogP contribution in [0.3, 0.4) is 0 Å². The number of amidine groups is 1. The van der Waals surface area contributed by atoms with E-state index < -0.39 is 0 Å². The zero-order chi connectivity index (χ0) is 13.1. The first kappa shape index (κ1) is 13.0. The summed E-state index contributed by atoms with van der Waals surface area (Å²) in [5, 5.41) is 12.8. The molecule has 1 aliphatic heterocycles. The molecule has 18 heavy (non-hydrogen) atoms. The van der Waals surface area contributed by atoms with Crippen LogP contribution in [0.25, 0.3) is 0 Å². The minimum atomic E-state index is 0.0393. The number of anilines is 1. The molecule has 0 bridgehead atoms. The molecule has 1 saturated heterocycles. The minimum Gasteiger partial charge on any atom is -0.409 e. The van der Waals surface area contributed by atoms with E-state index in [1.807, 2.05) is 17.8 Å². The van der Waals surface area contributed by atoms with E-state index in [2.05, 4.69) is 28.9 Å². The molecular formula is C12H18N4OS. The summed E-state index contributed by atoms with van der Waals surface area (Å²) in [7, 11) is 0. The number of hydrogen-bond acceptors (Lipinski definition) is 5. The zero-order valence-corrected chi connectivity index (χ0v) is 11.4. The van der Waals surface area contributed by atoms with Crippen LogP contribution in [0, 0.1) is 0 Å². The van der Waals surface area contributed by atoms with Crippen molar-refractivity contribution < 1.29 is 5.21 Å². The van der Waals surface area contributed by atoms with Gasteiger partial charge in [0.05, 0.1) is 11.9 Å². The van der Waals surface area contributed by atoms with E-state index in [-0.39, 0.29) is 5.84 Å². The van der Waals surface area contributed by atoms with Gasteiger partial charge in [0.1, 0.15) is 5.69 Å². The number of nitrogens with zero attached hydrogens (tertiary/aromatic N) is 3. The van der Waals surface area contributed by atoms with Gasteiger partial charge in [0.2, 0.25) is 0 Å². The molecule has 1 aliphatic rings. The molecule has 0 aromatic carbocycles. The van der Waals surface area contributed by atoms with Crippen molar-refractivity contribution in [2.45, 2.75) is 24.3 Å². The summed E-state index contributed by atoms with van der Waals surface area (Å²) < 4.78 is 0. The summed E-state index contributed by atoms with van der Waals surface area (Å²) in [5.41, 5.74) is 7.07. The van der Waals surface area contributed by atoms with Gasteiger partial charge in [0.15, 0.2) is 5.84 Å². The molecule has 1 aromatic rings. The average Bonchev–Trinajstić information content (AvgIpc) is 2.37. The van der Waals surface area contributed by atoms with Crippen LogP contribution in [0.4, 0.5) is 5.69 Å². The van der Waals surface area contributed by atoms with Crippen molar-refractivity contribution >= 4 is 23.3 Å². The molecule has 0 amide bonds. The van der Waals surface area contributed by atoms with Crippen LogP contribution >= 0.6 is 11.8 Å². The predicted molar refractivity (Wildman–Crippen MR) is 75.5 cm³/mol. The molecule has 98 valence electrons. The lowest BCUT2D eigenvalue weighted by atomic mass is 10.2. The predicted octanol–water partition coefficient (Wildman–Crippen LogP) is 1.51. The second kappa shape index (κ2) is 5.48. The van der Waals surface area contributed by atoms with Gasteiger partial charge in [0, 0.05) is 23.6 Å². The lowest BCUT2D eigenvalue weighted by Gasteiger charge is -2.36. The molecule has 2 rings (SSSR count). The van der Waals surface area contributed by atoms with Crippen molar-refractivity contribution in [3.63, 3.8) is 0 Å². The number of aromatic nitrogens is 1.